The average Bonchev–Trinajstić information content (AvgIpc) is 2.29. The molecule has 1 heterocycles. The van der Waals surface area contributed by atoms with Gasteiger partial charge in [-0.1, -0.05) is 0 Å². The molecule has 88 valence electrons. The predicted molar refractivity (Wildman–Crippen MR) is 55.9 cm³/mol. The number of carbonyl (C=O) groups excluding carboxylic acids is 1. The topological polar surface area (TPSA) is 103 Å². The molecular weight excluding hydrogens is 212 g/mol. The van der Waals surface area contributed by atoms with Crippen molar-refractivity contribution < 1.29 is 20.1 Å². The molecule has 0 aliphatic heterocycles. The number of pyridine rings is 1. The Morgan fingerprint density at radius 2 is 2.12 bits per heavy atom. The minimum atomic E-state index is -1.12. The number of aliphatic hydroxyl groups excluding tert-OH is 2. The van der Waals surface area contributed by atoms with Gasteiger partial charge in [-0.05, 0) is 13.0 Å². The highest BCUT2D eigenvalue weighted by molar-refractivity contribution is 5.97. The zero-order chi connectivity index (χ0) is 12.2. The van der Waals surface area contributed by atoms with Crippen molar-refractivity contribution in [2.24, 2.45) is 0 Å². The predicted octanol–water partition coefficient (Wildman–Crippen LogP) is -0.740. The molecule has 4 N–H and O–H groups in total. The third-order valence-electron chi connectivity index (χ3n) is 2.16. The number of nitrogens with zero attached hydrogens (tertiary/aromatic N) is 1. The van der Waals surface area contributed by atoms with Crippen molar-refractivity contribution in [2.45, 2.75) is 12.5 Å². The standard InChI is InChI=1S/C10H14N2O4/c1-10(5-13,6-14)12-9(16)7-2-3-11-4-8(7)15/h2-4,13-15H,5-6H2,1H3,(H,12,16). The summed E-state index contributed by atoms with van der Waals surface area (Å²) in [6.07, 6.45) is 2.51. The summed E-state index contributed by atoms with van der Waals surface area (Å²) in [4.78, 5) is 15.3. The van der Waals surface area contributed by atoms with Gasteiger partial charge < -0.3 is 20.6 Å². The first-order valence-corrected chi connectivity index (χ1v) is 4.69. The van der Waals surface area contributed by atoms with Crippen LogP contribution in [0.1, 0.15) is 17.3 Å². The number of aromatic hydroxyl groups is 1. The van der Waals surface area contributed by atoms with Gasteiger partial charge in [0.25, 0.3) is 5.91 Å². The first-order valence-electron chi connectivity index (χ1n) is 4.69. The zero-order valence-corrected chi connectivity index (χ0v) is 8.84. The van der Waals surface area contributed by atoms with E-state index in [0.717, 1.165) is 6.20 Å². The summed E-state index contributed by atoms with van der Waals surface area (Å²) in [5, 5.41) is 29.8. The smallest absolute Gasteiger partial charge is 0.255 e. The highest BCUT2D eigenvalue weighted by Gasteiger charge is 2.26. The third kappa shape index (κ3) is 2.68. The summed E-state index contributed by atoms with van der Waals surface area (Å²) in [6, 6.07) is 1.35. The van der Waals surface area contributed by atoms with E-state index in [4.69, 9.17) is 10.2 Å². The van der Waals surface area contributed by atoms with Crippen molar-refractivity contribution in [3.05, 3.63) is 24.0 Å². The van der Waals surface area contributed by atoms with E-state index in [2.05, 4.69) is 10.3 Å². The molecule has 1 rings (SSSR count). The minimum absolute atomic E-state index is 0.0446. The number of rotatable bonds is 4. The Morgan fingerprint density at radius 3 is 2.62 bits per heavy atom. The Balaban J connectivity index is 2.84. The fourth-order valence-electron chi connectivity index (χ4n) is 1.05. The van der Waals surface area contributed by atoms with Crippen LogP contribution in [0, 0.1) is 0 Å². The lowest BCUT2D eigenvalue weighted by molar-refractivity contribution is 0.0721. The van der Waals surface area contributed by atoms with Crippen LogP contribution in [-0.2, 0) is 0 Å². The maximum Gasteiger partial charge on any atom is 0.255 e. The SMILES string of the molecule is CC(CO)(CO)NC(=O)c1ccncc1O. The molecule has 0 radical (unpaired) electrons. The molecule has 1 amide bonds. The molecule has 1 aromatic rings. The molecule has 0 aliphatic rings. The summed E-state index contributed by atoms with van der Waals surface area (Å²) >= 11 is 0. The summed E-state index contributed by atoms with van der Waals surface area (Å²) in [5.41, 5.74) is -1.07. The number of aliphatic hydroxyl groups is 2. The second-order valence-corrected chi connectivity index (χ2v) is 3.72. The lowest BCUT2D eigenvalue weighted by Gasteiger charge is -2.26. The van der Waals surface area contributed by atoms with Gasteiger partial charge in [-0.25, -0.2) is 0 Å². The van der Waals surface area contributed by atoms with Gasteiger partial charge >= 0.3 is 0 Å². The van der Waals surface area contributed by atoms with E-state index in [-0.39, 0.29) is 11.3 Å². The summed E-state index contributed by atoms with van der Waals surface area (Å²) in [6.45, 7) is 0.686. The molecule has 16 heavy (non-hydrogen) atoms. The molecular formula is C10H14N2O4. The number of aromatic nitrogens is 1. The monoisotopic (exact) mass is 226 g/mol. The Bertz CT molecular complexity index is 377. The number of hydrogen-bond donors (Lipinski definition) is 4. The normalized spacial score (nSPS) is 11.2. The van der Waals surface area contributed by atoms with Crippen molar-refractivity contribution in [3.8, 4) is 5.75 Å². The van der Waals surface area contributed by atoms with Gasteiger partial charge in [-0.15, -0.1) is 0 Å². The number of nitrogens with one attached hydrogen (secondary N) is 1. The molecule has 0 spiro atoms. The van der Waals surface area contributed by atoms with Crippen LogP contribution >= 0.6 is 0 Å². The lowest BCUT2D eigenvalue weighted by atomic mass is 10.0. The van der Waals surface area contributed by atoms with Crippen LogP contribution in [0.5, 0.6) is 5.75 Å². The van der Waals surface area contributed by atoms with Crippen LogP contribution in [0.4, 0.5) is 0 Å². The van der Waals surface area contributed by atoms with E-state index in [0.29, 0.717) is 0 Å². The zero-order valence-electron chi connectivity index (χ0n) is 8.84. The molecule has 6 heteroatoms. The average molecular weight is 226 g/mol. The fraction of sp³-hybridized carbons (Fsp3) is 0.400. The van der Waals surface area contributed by atoms with Crippen molar-refractivity contribution in [1.82, 2.24) is 10.3 Å². The van der Waals surface area contributed by atoms with Crippen molar-refractivity contribution in [2.75, 3.05) is 13.2 Å². The van der Waals surface area contributed by atoms with E-state index in [1.165, 1.54) is 19.2 Å². The molecule has 0 bridgehead atoms. The van der Waals surface area contributed by atoms with Gasteiger partial charge in [0.05, 0.1) is 30.5 Å². The molecule has 0 aliphatic carbocycles. The number of carbonyl (C=O) groups is 1. The van der Waals surface area contributed by atoms with Gasteiger partial charge in [0.1, 0.15) is 5.75 Å². The maximum absolute atomic E-state index is 11.7. The first kappa shape index (κ1) is 12.4. The summed E-state index contributed by atoms with van der Waals surface area (Å²) < 4.78 is 0. The van der Waals surface area contributed by atoms with Gasteiger partial charge in [0.2, 0.25) is 0 Å². The van der Waals surface area contributed by atoms with E-state index in [1.54, 1.807) is 0 Å². The van der Waals surface area contributed by atoms with Gasteiger partial charge in [-0.3, -0.25) is 9.78 Å². The van der Waals surface area contributed by atoms with Crippen LogP contribution in [0.15, 0.2) is 18.5 Å². The van der Waals surface area contributed by atoms with Crippen LogP contribution in [0.3, 0.4) is 0 Å². The third-order valence-corrected chi connectivity index (χ3v) is 2.16. The van der Waals surface area contributed by atoms with Crippen molar-refractivity contribution in [3.63, 3.8) is 0 Å². The van der Waals surface area contributed by atoms with Gasteiger partial charge in [0, 0.05) is 6.20 Å². The highest BCUT2D eigenvalue weighted by atomic mass is 16.3. The largest absolute Gasteiger partial charge is 0.505 e. The van der Waals surface area contributed by atoms with E-state index < -0.39 is 24.7 Å². The Labute approximate surface area is 92.6 Å². The molecule has 0 fully saturated rings. The lowest BCUT2D eigenvalue weighted by Crippen LogP contribution is -2.51. The molecule has 1 aromatic heterocycles. The molecule has 6 nitrogen and oxygen atoms in total. The minimum Gasteiger partial charge on any atom is -0.505 e. The Hall–Kier alpha value is -1.66. The molecule has 0 saturated carbocycles. The van der Waals surface area contributed by atoms with Crippen LogP contribution in [-0.4, -0.2) is 45.0 Å². The van der Waals surface area contributed by atoms with Gasteiger partial charge in [-0.2, -0.15) is 0 Å². The molecule has 0 aromatic carbocycles. The number of hydrogen-bond acceptors (Lipinski definition) is 5. The molecule has 0 saturated heterocycles. The molecule has 0 atom stereocenters. The Morgan fingerprint density at radius 1 is 1.50 bits per heavy atom. The second-order valence-electron chi connectivity index (χ2n) is 3.72. The van der Waals surface area contributed by atoms with Crippen LogP contribution in [0.2, 0.25) is 0 Å². The van der Waals surface area contributed by atoms with Crippen molar-refractivity contribution >= 4 is 5.91 Å². The quantitative estimate of drug-likeness (QED) is 0.541. The van der Waals surface area contributed by atoms with E-state index in [1.807, 2.05) is 0 Å². The first-order chi connectivity index (χ1) is 7.52. The van der Waals surface area contributed by atoms with E-state index in [9.17, 15) is 9.90 Å². The van der Waals surface area contributed by atoms with Crippen molar-refractivity contribution in [1.29, 1.82) is 0 Å². The highest BCUT2D eigenvalue weighted by Crippen LogP contribution is 2.14. The van der Waals surface area contributed by atoms with Gasteiger partial charge in [0.15, 0.2) is 0 Å². The van der Waals surface area contributed by atoms with E-state index >= 15 is 0 Å². The second kappa shape index (κ2) is 4.91. The Kier molecular flexibility index (Phi) is 3.81. The van der Waals surface area contributed by atoms with Crippen LogP contribution in [0.25, 0.3) is 0 Å². The fourth-order valence-corrected chi connectivity index (χ4v) is 1.05. The number of amides is 1. The summed E-state index contributed by atoms with van der Waals surface area (Å²) in [5.74, 6) is -0.830. The summed E-state index contributed by atoms with van der Waals surface area (Å²) in [7, 11) is 0. The maximum atomic E-state index is 11.7. The molecule has 0 unspecified atom stereocenters. The van der Waals surface area contributed by atoms with Crippen LogP contribution < -0.4 is 5.32 Å².